The third-order valence-electron chi connectivity index (χ3n) is 3.75. The lowest BCUT2D eigenvalue weighted by Crippen LogP contribution is -2.30. The van der Waals surface area contributed by atoms with E-state index in [1.54, 1.807) is 0 Å². The van der Waals surface area contributed by atoms with Gasteiger partial charge in [0.1, 0.15) is 0 Å². The minimum atomic E-state index is 0.333. The van der Waals surface area contributed by atoms with Crippen LogP contribution in [0.15, 0.2) is 0 Å². The number of nitrogens with zero attached hydrogens (tertiary/aromatic N) is 1. The first-order valence-corrected chi connectivity index (χ1v) is 7.18. The van der Waals surface area contributed by atoms with Crippen LogP contribution in [0.2, 0.25) is 0 Å². The number of carbonyl (C=O) groups is 1. The van der Waals surface area contributed by atoms with Crippen LogP contribution in [0.4, 0.5) is 0 Å². The topological polar surface area (TPSA) is 32.3 Å². The molecule has 3 nitrogen and oxygen atoms in total. The van der Waals surface area contributed by atoms with Gasteiger partial charge in [0.2, 0.25) is 5.91 Å². The standard InChI is InChI=1S/C14H28N2O/c1-3-4-5-12-16(2)14(17)7-6-13-8-10-15-11-9-13/h13,15H,3-12H2,1-2H3. The van der Waals surface area contributed by atoms with Gasteiger partial charge in [-0.1, -0.05) is 19.8 Å². The largest absolute Gasteiger partial charge is 0.346 e. The van der Waals surface area contributed by atoms with Crippen LogP contribution in [0.1, 0.15) is 51.9 Å². The average Bonchev–Trinajstić information content (AvgIpc) is 2.37. The Morgan fingerprint density at radius 1 is 1.29 bits per heavy atom. The molecule has 1 aliphatic heterocycles. The van der Waals surface area contributed by atoms with E-state index in [-0.39, 0.29) is 0 Å². The summed E-state index contributed by atoms with van der Waals surface area (Å²) in [6, 6.07) is 0. The van der Waals surface area contributed by atoms with Crippen LogP contribution in [0, 0.1) is 5.92 Å². The van der Waals surface area contributed by atoms with Gasteiger partial charge < -0.3 is 10.2 Å². The van der Waals surface area contributed by atoms with Crippen molar-refractivity contribution >= 4 is 5.91 Å². The molecular weight excluding hydrogens is 212 g/mol. The van der Waals surface area contributed by atoms with Gasteiger partial charge in [0, 0.05) is 20.0 Å². The zero-order chi connectivity index (χ0) is 12.5. The van der Waals surface area contributed by atoms with Gasteiger partial charge >= 0.3 is 0 Å². The molecule has 1 amide bonds. The maximum absolute atomic E-state index is 11.9. The lowest BCUT2D eigenvalue weighted by atomic mass is 9.93. The minimum absolute atomic E-state index is 0.333. The zero-order valence-corrected chi connectivity index (χ0v) is 11.5. The molecule has 0 aromatic carbocycles. The summed E-state index contributed by atoms with van der Waals surface area (Å²) in [5.74, 6) is 1.10. The van der Waals surface area contributed by atoms with Crippen molar-refractivity contribution in [2.45, 2.75) is 51.9 Å². The number of nitrogens with one attached hydrogen (secondary N) is 1. The highest BCUT2D eigenvalue weighted by molar-refractivity contribution is 5.75. The number of rotatable bonds is 7. The van der Waals surface area contributed by atoms with Crippen LogP contribution in [0.25, 0.3) is 0 Å². The predicted molar refractivity (Wildman–Crippen MR) is 72.0 cm³/mol. The van der Waals surface area contributed by atoms with Crippen LogP contribution in [-0.2, 0) is 4.79 Å². The van der Waals surface area contributed by atoms with E-state index in [2.05, 4.69) is 12.2 Å². The van der Waals surface area contributed by atoms with Crippen LogP contribution < -0.4 is 5.32 Å². The van der Waals surface area contributed by atoms with E-state index in [1.165, 1.54) is 25.7 Å². The van der Waals surface area contributed by atoms with E-state index < -0.39 is 0 Å². The molecule has 0 spiro atoms. The van der Waals surface area contributed by atoms with E-state index in [1.807, 2.05) is 11.9 Å². The molecule has 0 radical (unpaired) electrons. The number of carbonyl (C=O) groups excluding carboxylic acids is 1. The van der Waals surface area contributed by atoms with Gasteiger partial charge in [0.25, 0.3) is 0 Å². The minimum Gasteiger partial charge on any atom is -0.346 e. The van der Waals surface area contributed by atoms with Crippen LogP contribution in [0.3, 0.4) is 0 Å². The maximum atomic E-state index is 11.9. The Kier molecular flexibility index (Phi) is 7.25. The fourth-order valence-electron chi connectivity index (χ4n) is 2.41. The smallest absolute Gasteiger partial charge is 0.222 e. The van der Waals surface area contributed by atoms with Crippen molar-refractivity contribution in [3.05, 3.63) is 0 Å². The van der Waals surface area contributed by atoms with E-state index in [9.17, 15) is 4.79 Å². The quantitative estimate of drug-likeness (QED) is 0.693. The SMILES string of the molecule is CCCCCN(C)C(=O)CCC1CCNCC1. The van der Waals surface area contributed by atoms with Crippen molar-refractivity contribution in [2.75, 3.05) is 26.7 Å². The molecule has 0 aliphatic carbocycles. The van der Waals surface area contributed by atoms with Crippen LogP contribution in [0.5, 0.6) is 0 Å². The zero-order valence-electron chi connectivity index (χ0n) is 11.5. The van der Waals surface area contributed by atoms with Gasteiger partial charge in [-0.15, -0.1) is 0 Å². The Labute approximate surface area is 106 Å². The predicted octanol–water partition coefficient (Wildman–Crippen LogP) is 2.41. The Morgan fingerprint density at radius 3 is 2.65 bits per heavy atom. The molecule has 1 rings (SSSR count). The highest BCUT2D eigenvalue weighted by Gasteiger charge is 2.15. The molecule has 100 valence electrons. The summed E-state index contributed by atoms with van der Waals surface area (Å²) in [4.78, 5) is 13.8. The summed E-state index contributed by atoms with van der Waals surface area (Å²) in [6.45, 7) is 5.38. The molecule has 17 heavy (non-hydrogen) atoms. The van der Waals surface area contributed by atoms with Crippen molar-refractivity contribution in [3.8, 4) is 0 Å². The van der Waals surface area contributed by atoms with Gasteiger partial charge in [0.15, 0.2) is 0 Å². The van der Waals surface area contributed by atoms with E-state index in [4.69, 9.17) is 0 Å². The summed E-state index contributed by atoms with van der Waals surface area (Å²) in [6.07, 6.45) is 7.90. The Balaban J connectivity index is 2.10. The van der Waals surface area contributed by atoms with Crippen LogP contribution >= 0.6 is 0 Å². The molecule has 0 atom stereocenters. The molecule has 1 fully saturated rings. The second-order valence-electron chi connectivity index (χ2n) is 5.25. The molecule has 0 aromatic rings. The third kappa shape index (κ3) is 6.06. The number of hydrogen-bond donors (Lipinski definition) is 1. The van der Waals surface area contributed by atoms with Crippen molar-refractivity contribution in [1.29, 1.82) is 0 Å². The van der Waals surface area contributed by atoms with Gasteiger partial charge in [0.05, 0.1) is 0 Å². The fourth-order valence-corrected chi connectivity index (χ4v) is 2.41. The molecule has 0 aromatic heterocycles. The first-order chi connectivity index (χ1) is 8.24. The molecular formula is C14H28N2O. The van der Waals surface area contributed by atoms with E-state index in [0.29, 0.717) is 5.91 Å². The van der Waals surface area contributed by atoms with Crippen molar-refractivity contribution in [2.24, 2.45) is 5.92 Å². The van der Waals surface area contributed by atoms with Gasteiger partial charge in [-0.3, -0.25) is 4.79 Å². The fraction of sp³-hybridized carbons (Fsp3) is 0.929. The molecule has 0 unspecified atom stereocenters. The van der Waals surface area contributed by atoms with Gasteiger partial charge in [-0.05, 0) is 44.7 Å². The summed E-state index contributed by atoms with van der Waals surface area (Å²) in [5.41, 5.74) is 0. The number of piperidine rings is 1. The molecule has 1 saturated heterocycles. The number of amides is 1. The summed E-state index contributed by atoms with van der Waals surface area (Å²) in [7, 11) is 1.94. The van der Waals surface area contributed by atoms with Gasteiger partial charge in [-0.2, -0.15) is 0 Å². The first-order valence-electron chi connectivity index (χ1n) is 7.18. The first kappa shape index (κ1) is 14.5. The van der Waals surface area contributed by atoms with Crippen molar-refractivity contribution < 1.29 is 4.79 Å². The molecule has 3 heteroatoms. The van der Waals surface area contributed by atoms with E-state index in [0.717, 1.165) is 44.8 Å². The third-order valence-corrected chi connectivity index (χ3v) is 3.75. The van der Waals surface area contributed by atoms with Crippen molar-refractivity contribution in [1.82, 2.24) is 10.2 Å². The van der Waals surface area contributed by atoms with Crippen molar-refractivity contribution in [3.63, 3.8) is 0 Å². The lowest BCUT2D eigenvalue weighted by Gasteiger charge is -2.23. The highest BCUT2D eigenvalue weighted by Crippen LogP contribution is 2.18. The molecule has 1 N–H and O–H groups in total. The number of hydrogen-bond acceptors (Lipinski definition) is 2. The molecule has 1 heterocycles. The molecule has 1 aliphatic rings. The number of unbranched alkanes of at least 4 members (excludes halogenated alkanes) is 2. The Morgan fingerprint density at radius 2 is 2.00 bits per heavy atom. The monoisotopic (exact) mass is 240 g/mol. The molecule has 0 bridgehead atoms. The molecule has 0 saturated carbocycles. The normalized spacial score (nSPS) is 17.1. The van der Waals surface area contributed by atoms with Gasteiger partial charge in [-0.25, -0.2) is 0 Å². The maximum Gasteiger partial charge on any atom is 0.222 e. The Bertz CT molecular complexity index is 212. The second-order valence-corrected chi connectivity index (χ2v) is 5.25. The van der Waals surface area contributed by atoms with E-state index >= 15 is 0 Å². The summed E-state index contributed by atoms with van der Waals surface area (Å²) in [5, 5.41) is 3.36. The summed E-state index contributed by atoms with van der Waals surface area (Å²) < 4.78 is 0. The second kappa shape index (κ2) is 8.51. The van der Waals surface area contributed by atoms with Crippen LogP contribution in [-0.4, -0.2) is 37.5 Å². The Hall–Kier alpha value is -0.570. The highest BCUT2D eigenvalue weighted by atomic mass is 16.2. The average molecular weight is 240 g/mol. The summed E-state index contributed by atoms with van der Waals surface area (Å²) >= 11 is 0. The lowest BCUT2D eigenvalue weighted by molar-refractivity contribution is -0.130.